The van der Waals surface area contributed by atoms with E-state index in [-0.39, 0.29) is 0 Å². The number of aromatic nitrogens is 4. The second-order valence-corrected chi connectivity index (χ2v) is 14.0. The second-order valence-electron chi connectivity index (χ2n) is 14.0. The highest BCUT2D eigenvalue weighted by Gasteiger charge is 2.21. The predicted octanol–water partition coefficient (Wildman–Crippen LogP) is 13.1. The summed E-state index contributed by atoms with van der Waals surface area (Å²) in [6, 6.07) is 68.8. The third-order valence-electron chi connectivity index (χ3n) is 10.8. The maximum Gasteiger partial charge on any atom is 0.164 e. The lowest BCUT2D eigenvalue weighted by Crippen LogP contribution is -2.02. The summed E-state index contributed by atoms with van der Waals surface area (Å²) in [5.74, 6) is 1.91. The van der Waals surface area contributed by atoms with Gasteiger partial charge in [0.25, 0.3) is 0 Å². The zero-order valence-electron chi connectivity index (χ0n) is 29.8. The van der Waals surface area contributed by atoms with Gasteiger partial charge in [-0.25, -0.2) is 15.0 Å². The van der Waals surface area contributed by atoms with E-state index in [4.69, 9.17) is 15.0 Å². The Morgan fingerprint density at radius 3 is 1.69 bits per heavy atom. The van der Waals surface area contributed by atoms with Gasteiger partial charge in [0.05, 0.1) is 16.7 Å². The van der Waals surface area contributed by atoms with Gasteiger partial charge in [-0.2, -0.15) is 0 Å². The van der Waals surface area contributed by atoms with E-state index in [1.54, 1.807) is 0 Å². The Balaban J connectivity index is 1.22. The molecule has 0 fully saturated rings. The van der Waals surface area contributed by atoms with Crippen molar-refractivity contribution in [3.05, 3.63) is 194 Å². The minimum Gasteiger partial charge on any atom is -0.309 e. The summed E-state index contributed by atoms with van der Waals surface area (Å²) in [6.07, 6.45) is 0. The maximum absolute atomic E-state index is 5.26. The average Bonchev–Trinajstić information content (AvgIpc) is 3.58. The molecule has 0 unspecified atom stereocenters. The van der Waals surface area contributed by atoms with Gasteiger partial charge in [-0.3, -0.25) is 0 Å². The first kappa shape index (κ1) is 31.1. The summed E-state index contributed by atoms with van der Waals surface area (Å²) in [6.45, 7) is 0. The Labute approximate surface area is 317 Å². The minimum absolute atomic E-state index is 0.631. The van der Waals surface area contributed by atoms with Gasteiger partial charge in [-0.1, -0.05) is 158 Å². The highest BCUT2D eigenvalue weighted by Crippen LogP contribution is 2.42. The topological polar surface area (TPSA) is 43.6 Å². The zero-order valence-corrected chi connectivity index (χ0v) is 29.8. The summed E-state index contributed by atoms with van der Waals surface area (Å²) in [7, 11) is 0. The number of nitrogens with zero attached hydrogens (tertiary/aromatic N) is 4. The molecule has 0 radical (unpaired) electrons. The van der Waals surface area contributed by atoms with Crippen molar-refractivity contribution >= 4 is 54.1 Å². The van der Waals surface area contributed by atoms with Crippen molar-refractivity contribution < 1.29 is 0 Å². The van der Waals surface area contributed by atoms with E-state index in [0.717, 1.165) is 55.2 Å². The summed E-state index contributed by atoms with van der Waals surface area (Å²) >= 11 is 0. The number of benzene rings is 9. The Kier molecular flexibility index (Phi) is 7.14. The highest BCUT2D eigenvalue weighted by atomic mass is 15.0. The van der Waals surface area contributed by atoms with E-state index in [9.17, 15) is 0 Å². The quantitative estimate of drug-likeness (QED) is 0.179. The molecular weight excluding hydrogens is 669 g/mol. The molecule has 0 amide bonds. The Morgan fingerprint density at radius 2 is 0.909 bits per heavy atom. The molecule has 4 heteroatoms. The lowest BCUT2D eigenvalue weighted by atomic mass is 9.93. The summed E-state index contributed by atoms with van der Waals surface area (Å²) < 4.78 is 2.44. The zero-order chi connectivity index (χ0) is 36.3. The maximum atomic E-state index is 5.26. The van der Waals surface area contributed by atoms with Crippen LogP contribution in [0.5, 0.6) is 0 Å². The fourth-order valence-corrected chi connectivity index (χ4v) is 8.21. The van der Waals surface area contributed by atoms with Crippen molar-refractivity contribution in [2.75, 3.05) is 0 Å². The third kappa shape index (κ3) is 5.19. The molecule has 2 aromatic heterocycles. The molecule has 0 N–H and O–H groups in total. The van der Waals surface area contributed by atoms with Gasteiger partial charge in [0.1, 0.15) is 0 Å². The normalized spacial score (nSPS) is 11.6. The molecule has 0 aliphatic heterocycles. The van der Waals surface area contributed by atoms with E-state index >= 15 is 0 Å². The smallest absolute Gasteiger partial charge is 0.164 e. The molecule has 2 heterocycles. The number of para-hydroxylation sites is 1. The monoisotopic (exact) mass is 700 g/mol. The van der Waals surface area contributed by atoms with Crippen LogP contribution in [0.1, 0.15) is 0 Å². The molecule has 55 heavy (non-hydrogen) atoms. The third-order valence-corrected chi connectivity index (χ3v) is 10.8. The molecule has 4 nitrogen and oxygen atoms in total. The lowest BCUT2D eigenvalue weighted by Gasteiger charge is -2.18. The Morgan fingerprint density at radius 1 is 0.309 bits per heavy atom. The standard InChI is InChI=1S/C51H32N4/c1-3-15-34(16-4-1)40-23-13-24-42-43(51-53-49(35-17-5-2-6-18-35)52-50(54-51)39-27-26-33-14-7-8-19-36(33)30-39)28-29-46(48(40)42)55-45-25-12-11-22-41(45)44-31-37-20-9-10-21-38(37)32-47(44)55/h1-32H. The van der Waals surface area contributed by atoms with Gasteiger partial charge in [0.15, 0.2) is 17.5 Å². The molecule has 0 saturated heterocycles. The number of rotatable bonds is 5. The van der Waals surface area contributed by atoms with Crippen molar-refractivity contribution in [1.29, 1.82) is 0 Å². The Hall–Kier alpha value is -7.43. The van der Waals surface area contributed by atoms with Gasteiger partial charge in [-0.05, 0) is 74.5 Å². The molecule has 0 bridgehead atoms. The molecule has 11 rings (SSSR count). The van der Waals surface area contributed by atoms with E-state index in [2.05, 4.69) is 180 Å². The van der Waals surface area contributed by atoms with Crippen LogP contribution in [0, 0.1) is 0 Å². The van der Waals surface area contributed by atoms with Crippen LogP contribution < -0.4 is 0 Å². The minimum atomic E-state index is 0.631. The van der Waals surface area contributed by atoms with Crippen LogP contribution in [0.3, 0.4) is 0 Å². The SMILES string of the molecule is c1ccc(-c2nc(-c3ccc4ccccc4c3)nc(-c3ccc(-n4c5ccccc5c5cc6ccccc6cc54)c4c(-c5ccccc5)cccc34)n2)cc1. The summed E-state index contributed by atoms with van der Waals surface area (Å²) in [5, 5.41) is 9.42. The van der Waals surface area contributed by atoms with Crippen LogP contribution >= 0.6 is 0 Å². The van der Waals surface area contributed by atoms with E-state index < -0.39 is 0 Å². The van der Waals surface area contributed by atoms with Crippen LogP contribution in [0.15, 0.2) is 194 Å². The van der Waals surface area contributed by atoms with Crippen LogP contribution in [0.2, 0.25) is 0 Å². The van der Waals surface area contributed by atoms with E-state index in [1.807, 2.05) is 18.2 Å². The molecule has 0 aliphatic rings. The Bertz CT molecular complexity index is 3260. The van der Waals surface area contributed by atoms with Crippen molar-refractivity contribution in [2.45, 2.75) is 0 Å². The lowest BCUT2D eigenvalue weighted by molar-refractivity contribution is 1.08. The summed E-state index contributed by atoms with van der Waals surface area (Å²) in [4.78, 5) is 15.5. The van der Waals surface area contributed by atoms with Gasteiger partial charge in [0.2, 0.25) is 0 Å². The van der Waals surface area contributed by atoms with Crippen LogP contribution in [-0.4, -0.2) is 19.5 Å². The molecule has 9 aromatic carbocycles. The van der Waals surface area contributed by atoms with Gasteiger partial charge in [-0.15, -0.1) is 0 Å². The van der Waals surface area contributed by atoms with Crippen LogP contribution in [0.25, 0.3) is 105 Å². The molecular formula is C51H32N4. The fraction of sp³-hybridized carbons (Fsp3) is 0. The number of hydrogen-bond donors (Lipinski definition) is 0. The molecule has 0 saturated carbocycles. The van der Waals surface area contributed by atoms with Gasteiger partial charge < -0.3 is 4.57 Å². The average molecular weight is 701 g/mol. The fourth-order valence-electron chi connectivity index (χ4n) is 8.21. The van der Waals surface area contributed by atoms with Crippen molar-refractivity contribution in [3.8, 4) is 51.0 Å². The largest absolute Gasteiger partial charge is 0.309 e. The number of fused-ring (bicyclic) bond motifs is 6. The summed E-state index contributed by atoms with van der Waals surface area (Å²) in [5.41, 5.74) is 8.57. The molecule has 0 spiro atoms. The van der Waals surface area contributed by atoms with Crippen molar-refractivity contribution in [1.82, 2.24) is 19.5 Å². The van der Waals surface area contributed by atoms with Crippen LogP contribution in [-0.2, 0) is 0 Å². The molecule has 0 atom stereocenters. The number of hydrogen-bond acceptors (Lipinski definition) is 3. The second kappa shape index (κ2) is 12.6. The first-order chi connectivity index (χ1) is 27.3. The van der Waals surface area contributed by atoms with E-state index in [1.165, 1.54) is 32.4 Å². The van der Waals surface area contributed by atoms with Crippen molar-refractivity contribution in [3.63, 3.8) is 0 Å². The molecule has 11 aromatic rings. The predicted molar refractivity (Wildman–Crippen MR) is 228 cm³/mol. The molecule has 0 aliphatic carbocycles. The van der Waals surface area contributed by atoms with Gasteiger partial charge in [0, 0.05) is 32.8 Å². The van der Waals surface area contributed by atoms with Gasteiger partial charge >= 0.3 is 0 Å². The highest BCUT2D eigenvalue weighted by molar-refractivity contribution is 6.16. The van der Waals surface area contributed by atoms with Crippen LogP contribution in [0.4, 0.5) is 0 Å². The first-order valence-electron chi connectivity index (χ1n) is 18.6. The first-order valence-corrected chi connectivity index (χ1v) is 18.6. The van der Waals surface area contributed by atoms with E-state index in [0.29, 0.717) is 17.5 Å². The van der Waals surface area contributed by atoms with Crippen molar-refractivity contribution in [2.24, 2.45) is 0 Å². The molecule has 256 valence electrons.